The smallest absolute Gasteiger partial charge is 0.270 e. The highest BCUT2D eigenvalue weighted by atomic mass is 32.2. The van der Waals surface area contributed by atoms with Gasteiger partial charge >= 0.3 is 0 Å². The molecule has 1 saturated heterocycles. The molecular weight excluding hydrogens is 394 g/mol. The first-order chi connectivity index (χ1) is 13.8. The second kappa shape index (κ2) is 8.71. The van der Waals surface area contributed by atoms with Gasteiger partial charge in [0.15, 0.2) is 0 Å². The summed E-state index contributed by atoms with van der Waals surface area (Å²) in [6, 6.07) is 13.6. The molecular formula is C20H23N3O5S. The van der Waals surface area contributed by atoms with Gasteiger partial charge in [0.2, 0.25) is 15.9 Å². The predicted molar refractivity (Wildman–Crippen MR) is 108 cm³/mol. The van der Waals surface area contributed by atoms with Crippen LogP contribution in [0.5, 0.6) is 0 Å². The van der Waals surface area contributed by atoms with Crippen molar-refractivity contribution >= 4 is 21.6 Å². The first-order valence-corrected chi connectivity index (χ1v) is 10.8. The topological polar surface area (TPSA) is 101 Å². The van der Waals surface area contributed by atoms with Crippen LogP contribution in [-0.2, 0) is 21.2 Å². The third-order valence-corrected chi connectivity index (χ3v) is 7.10. The fraction of sp³-hybridized carbons (Fsp3) is 0.350. The minimum atomic E-state index is -3.86. The Hall–Kier alpha value is -2.78. The van der Waals surface area contributed by atoms with Gasteiger partial charge in [0.25, 0.3) is 5.69 Å². The Kier molecular flexibility index (Phi) is 6.29. The summed E-state index contributed by atoms with van der Waals surface area (Å²) < 4.78 is 27.2. The van der Waals surface area contributed by atoms with E-state index in [1.54, 1.807) is 11.8 Å². The number of nitro benzene ring substituents is 1. The fourth-order valence-electron chi connectivity index (χ4n) is 3.35. The lowest BCUT2D eigenvalue weighted by Gasteiger charge is -2.34. The molecule has 0 bridgehead atoms. The summed E-state index contributed by atoms with van der Waals surface area (Å²) >= 11 is 0. The molecule has 1 aliphatic rings. The normalized spacial score (nSPS) is 15.3. The highest BCUT2D eigenvalue weighted by Gasteiger charge is 2.31. The quantitative estimate of drug-likeness (QED) is 0.531. The molecule has 2 aromatic carbocycles. The van der Waals surface area contributed by atoms with Crippen molar-refractivity contribution < 1.29 is 18.1 Å². The number of hydrogen-bond acceptors (Lipinski definition) is 5. The van der Waals surface area contributed by atoms with Crippen molar-refractivity contribution in [1.82, 2.24) is 9.21 Å². The maximum atomic E-state index is 13.0. The van der Waals surface area contributed by atoms with Crippen LogP contribution in [0.15, 0.2) is 53.4 Å². The van der Waals surface area contributed by atoms with E-state index in [0.717, 1.165) is 11.6 Å². The minimum Gasteiger partial charge on any atom is -0.340 e. The Morgan fingerprint density at radius 1 is 1.07 bits per heavy atom. The van der Waals surface area contributed by atoms with Crippen LogP contribution < -0.4 is 0 Å². The number of piperazine rings is 1. The van der Waals surface area contributed by atoms with Gasteiger partial charge in [-0.2, -0.15) is 4.31 Å². The van der Waals surface area contributed by atoms with Crippen LogP contribution in [-0.4, -0.2) is 54.6 Å². The Bertz CT molecular complexity index is 1000. The summed E-state index contributed by atoms with van der Waals surface area (Å²) in [5.41, 5.74) is 1.28. The van der Waals surface area contributed by atoms with Crippen LogP contribution in [0.2, 0.25) is 0 Å². The van der Waals surface area contributed by atoms with Crippen molar-refractivity contribution in [2.75, 3.05) is 26.2 Å². The maximum Gasteiger partial charge on any atom is 0.270 e. The number of rotatable bonds is 6. The van der Waals surface area contributed by atoms with Crippen LogP contribution in [0.25, 0.3) is 0 Å². The molecule has 1 heterocycles. The second-order valence-corrected chi connectivity index (χ2v) is 8.88. The van der Waals surface area contributed by atoms with Gasteiger partial charge < -0.3 is 4.90 Å². The van der Waals surface area contributed by atoms with E-state index in [9.17, 15) is 23.3 Å². The van der Waals surface area contributed by atoms with E-state index in [1.807, 2.05) is 30.3 Å². The minimum absolute atomic E-state index is 0.00238. The zero-order valence-corrected chi connectivity index (χ0v) is 17.0. The summed E-state index contributed by atoms with van der Waals surface area (Å²) in [4.78, 5) is 24.5. The third-order valence-electron chi connectivity index (χ3n) is 5.06. The van der Waals surface area contributed by atoms with E-state index in [0.29, 0.717) is 31.5 Å². The highest BCUT2D eigenvalue weighted by molar-refractivity contribution is 7.89. The summed E-state index contributed by atoms with van der Waals surface area (Å²) in [6.07, 6.45) is 1.02. The molecule has 9 heteroatoms. The lowest BCUT2D eigenvalue weighted by atomic mass is 10.1. The van der Waals surface area contributed by atoms with Gasteiger partial charge in [-0.25, -0.2) is 8.42 Å². The highest BCUT2D eigenvalue weighted by Crippen LogP contribution is 2.25. The van der Waals surface area contributed by atoms with Crippen molar-refractivity contribution in [2.24, 2.45) is 0 Å². The van der Waals surface area contributed by atoms with Gasteiger partial charge in [-0.1, -0.05) is 36.4 Å². The maximum absolute atomic E-state index is 13.0. The number of sulfonamides is 1. The molecule has 0 spiro atoms. The molecule has 0 unspecified atom stereocenters. The van der Waals surface area contributed by atoms with Crippen molar-refractivity contribution in [2.45, 2.75) is 24.7 Å². The molecule has 0 N–H and O–H groups in total. The molecule has 154 valence electrons. The van der Waals surface area contributed by atoms with Crippen LogP contribution in [0.4, 0.5) is 5.69 Å². The summed E-state index contributed by atoms with van der Waals surface area (Å²) in [5, 5.41) is 11.0. The van der Waals surface area contributed by atoms with Crippen molar-refractivity contribution in [1.29, 1.82) is 0 Å². The molecule has 0 aromatic heterocycles. The molecule has 0 atom stereocenters. The number of nitro groups is 1. The van der Waals surface area contributed by atoms with Crippen LogP contribution >= 0.6 is 0 Å². The van der Waals surface area contributed by atoms with Crippen LogP contribution in [0.1, 0.15) is 17.5 Å². The predicted octanol–water partition coefficient (Wildman–Crippen LogP) is 2.37. The second-order valence-electron chi connectivity index (χ2n) is 6.98. The molecule has 0 aliphatic carbocycles. The number of hydrogen-bond donors (Lipinski definition) is 0. The van der Waals surface area contributed by atoms with Crippen LogP contribution in [0.3, 0.4) is 0 Å². The SMILES string of the molecule is Cc1ccc([N+](=O)[O-])cc1S(=O)(=O)N1CCN(C(=O)CCc2ccccc2)CC1. The molecule has 3 rings (SSSR count). The van der Waals surface area contributed by atoms with Gasteiger partial charge in [0.1, 0.15) is 0 Å². The lowest BCUT2D eigenvalue weighted by Crippen LogP contribution is -2.50. The number of amides is 1. The average molecular weight is 417 g/mol. The number of carbonyl (C=O) groups excluding carboxylic acids is 1. The van der Waals surface area contributed by atoms with Gasteiger partial charge in [-0.15, -0.1) is 0 Å². The van der Waals surface area contributed by atoms with E-state index in [-0.39, 0.29) is 29.6 Å². The largest absolute Gasteiger partial charge is 0.340 e. The van der Waals surface area contributed by atoms with Gasteiger partial charge in [-0.3, -0.25) is 14.9 Å². The van der Waals surface area contributed by atoms with Crippen molar-refractivity contribution in [3.63, 3.8) is 0 Å². The third kappa shape index (κ3) is 4.80. The lowest BCUT2D eigenvalue weighted by molar-refractivity contribution is -0.385. The standard InChI is InChI=1S/C20H23N3O5S/c1-16-7-9-18(23(25)26)15-19(16)29(27,28)22-13-11-21(12-14-22)20(24)10-8-17-5-3-2-4-6-17/h2-7,9,15H,8,10-14H2,1H3. The Morgan fingerprint density at radius 3 is 2.34 bits per heavy atom. The Morgan fingerprint density at radius 2 is 1.72 bits per heavy atom. The number of nitrogens with zero attached hydrogens (tertiary/aromatic N) is 3. The van der Waals surface area contributed by atoms with E-state index < -0.39 is 14.9 Å². The molecule has 1 aliphatic heterocycles. The molecule has 0 radical (unpaired) electrons. The summed E-state index contributed by atoms with van der Waals surface area (Å²) in [7, 11) is -3.86. The first-order valence-electron chi connectivity index (χ1n) is 9.36. The van der Waals surface area contributed by atoms with Crippen LogP contribution in [0, 0.1) is 17.0 Å². The van der Waals surface area contributed by atoms with Gasteiger partial charge in [0, 0.05) is 44.7 Å². The molecule has 29 heavy (non-hydrogen) atoms. The summed E-state index contributed by atoms with van der Waals surface area (Å²) in [6.45, 7) is 2.56. The first kappa shape index (κ1) is 20.9. The monoisotopic (exact) mass is 417 g/mol. The zero-order valence-electron chi connectivity index (χ0n) is 16.2. The summed E-state index contributed by atoms with van der Waals surface area (Å²) in [5.74, 6) is -0.00238. The fourth-order valence-corrected chi connectivity index (χ4v) is 5.02. The number of non-ortho nitro benzene ring substituents is 1. The van der Waals surface area contributed by atoms with E-state index in [4.69, 9.17) is 0 Å². The van der Waals surface area contributed by atoms with Crippen molar-refractivity contribution in [3.05, 3.63) is 69.8 Å². The Balaban J connectivity index is 1.63. The van der Waals surface area contributed by atoms with E-state index in [2.05, 4.69) is 0 Å². The molecule has 0 saturated carbocycles. The number of aryl methyl sites for hydroxylation is 2. The zero-order chi connectivity index (χ0) is 21.0. The number of carbonyl (C=O) groups is 1. The Labute approximate surface area is 169 Å². The molecule has 2 aromatic rings. The van der Waals surface area contributed by atoms with Gasteiger partial charge in [0.05, 0.1) is 9.82 Å². The van der Waals surface area contributed by atoms with Gasteiger partial charge in [-0.05, 0) is 24.5 Å². The average Bonchev–Trinajstić information content (AvgIpc) is 2.73. The van der Waals surface area contributed by atoms with Crippen molar-refractivity contribution in [3.8, 4) is 0 Å². The van der Waals surface area contributed by atoms with E-state index in [1.165, 1.54) is 16.4 Å². The van der Waals surface area contributed by atoms with E-state index >= 15 is 0 Å². The molecule has 1 fully saturated rings. The number of benzene rings is 2. The molecule has 8 nitrogen and oxygen atoms in total. The molecule has 1 amide bonds.